The van der Waals surface area contributed by atoms with Gasteiger partial charge in [-0.15, -0.1) is 0 Å². The molecule has 6 heterocycles. The van der Waals surface area contributed by atoms with Crippen molar-refractivity contribution in [1.29, 1.82) is 0 Å². The minimum atomic E-state index is -5.94. The summed E-state index contributed by atoms with van der Waals surface area (Å²) in [6.45, 7) is -9.11. The molecular weight excluding hydrogens is 1130 g/mol. The van der Waals surface area contributed by atoms with Crippen LogP contribution in [-0.4, -0.2) is 176 Å². The van der Waals surface area contributed by atoms with Crippen molar-refractivity contribution in [2.45, 2.75) is 37.6 Å². The maximum absolute atomic E-state index is 13.0. The van der Waals surface area contributed by atoms with Crippen LogP contribution in [-0.2, 0) is 68.6 Å². The van der Waals surface area contributed by atoms with Gasteiger partial charge in [-0.2, -0.15) is 8.62 Å². The second-order valence-electron chi connectivity index (χ2n) is 16.9. The highest BCUT2D eigenvalue weighted by atomic mass is 32.7. The Hall–Kier alpha value is -7.03. The summed E-state index contributed by atoms with van der Waals surface area (Å²) in [5.41, 5.74) is 8.75. The van der Waals surface area contributed by atoms with E-state index in [0.29, 0.717) is 22.5 Å². The number of imidazole rings is 1. The molecule has 4 unspecified atom stereocenters. The molecule has 0 aliphatic carbocycles. The van der Waals surface area contributed by atoms with Crippen molar-refractivity contribution in [2.24, 2.45) is 0 Å². The molecule has 1 aliphatic heterocycles. The number of carboxylic acids is 4. The van der Waals surface area contributed by atoms with Gasteiger partial charge in [0.15, 0.2) is 17.7 Å². The van der Waals surface area contributed by atoms with E-state index >= 15 is 0 Å². The van der Waals surface area contributed by atoms with Crippen LogP contribution in [0.15, 0.2) is 85.5 Å². The molecule has 0 bridgehead atoms. The molecule has 12 N–H and O–H groups in total. The molecular formula is C43H46N11O21P3S. The number of amides is 1. The number of nitrogen functional groups attached to an aromatic ring is 1. The van der Waals surface area contributed by atoms with Crippen molar-refractivity contribution in [1.82, 2.24) is 44.3 Å². The van der Waals surface area contributed by atoms with Crippen molar-refractivity contribution < 1.29 is 101 Å². The first kappa shape index (κ1) is 59.6. The number of ether oxygens (including phenoxy) is 1. The fourth-order valence-electron chi connectivity index (χ4n) is 7.67. The third kappa shape index (κ3) is 16.7. The number of carboxylic acid groups (broad SMARTS) is 4. The zero-order chi connectivity index (χ0) is 57.4. The second-order valence-corrected chi connectivity index (χ2v) is 24.0. The van der Waals surface area contributed by atoms with Crippen LogP contribution in [0, 0.1) is 0 Å². The van der Waals surface area contributed by atoms with Gasteiger partial charge >= 0.3 is 46.3 Å². The van der Waals surface area contributed by atoms with E-state index in [2.05, 4.69) is 43.4 Å². The number of nitrogens with one attached hydrogen (secondary N) is 1. The third-order valence-corrected chi connectivity index (χ3v) is 17.3. The number of phosphoric ester groups is 1. The highest BCUT2D eigenvalue weighted by Crippen LogP contribution is 2.71. The van der Waals surface area contributed by atoms with Crippen molar-refractivity contribution in [2.75, 3.05) is 49.6 Å². The van der Waals surface area contributed by atoms with Crippen LogP contribution in [0.3, 0.4) is 0 Å². The molecule has 1 fully saturated rings. The average molecular weight is 1180 g/mol. The Morgan fingerprint density at radius 1 is 0.684 bits per heavy atom. The van der Waals surface area contributed by atoms with Gasteiger partial charge in [0.05, 0.1) is 79.0 Å². The van der Waals surface area contributed by atoms with Crippen molar-refractivity contribution in [3.8, 4) is 33.9 Å². The second kappa shape index (κ2) is 25.4. The predicted molar refractivity (Wildman–Crippen MR) is 272 cm³/mol. The van der Waals surface area contributed by atoms with Crippen LogP contribution in [0.25, 0.3) is 45.1 Å². The molecule has 1 aromatic carbocycles. The molecule has 420 valence electrons. The Morgan fingerprint density at radius 2 is 1.23 bits per heavy atom. The van der Waals surface area contributed by atoms with E-state index in [1.165, 1.54) is 23.0 Å². The van der Waals surface area contributed by atoms with Crippen LogP contribution in [0.1, 0.15) is 17.6 Å². The summed E-state index contributed by atoms with van der Waals surface area (Å²) in [5, 5.41) is 61.1. The van der Waals surface area contributed by atoms with Crippen LogP contribution in [0.4, 0.5) is 11.5 Å². The number of anilines is 2. The first-order chi connectivity index (χ1) is 37.2. The van der Waals surface area contributed by atoms with E-state index in [-0.39, 0.29) is 69.9 Å². The Morgan fingerprint density at radius 3 is 1.76 bits per heavy atom. The zero-order valence-electron chi connectivity index (χ0n) is 40.3. The van der Waals surface area contributed by atoms with Gasteiger partial charge in [-0.3, -0.25) is 42.9 Å². The van der Waals surface area contributed by atoms with Gasteiger partial charge in [-0.1, -0.05) is 24.3 Å². The van der Waals surface area contributed by atoms with Gasteiger partial charge < -0.3 is 61.1 Å². The van der Waals surface area contributed by atoms with E-state index in [0.717, 1.165) is 16.1 Å². The fraction of sp³-hybridized carbons (Fsp3) is 0.279. The van der Waals surface area contributed by atoms with Gasteiger partial charge in [0, 0.05) is 18.8 Å². The molecule has 6 aromatic rings. The number of fused-ring (bicyclic) bond motifs is 1. The first-order valence-electron chi connectivity index (χ1n) is 22.5. The molecule has 7 atom stereocenters. The summed E-state index contributed by atoms with van der Waals surface area (Å²) in [7, 11) is -11.6. The lowest BCUT2D eigenvalue weighted by Gasteiger charge is -2.20. The molecule has 32 nitrogen and oxygen atoms in total. The largest absolute Gasteiger partial charge is 0.488 e. The van der Waals surface area contributed by atoms with Gasteiger partial charge in [0.1, 0.15) is 30.2 Å². The van der Waals surface area contributed by atoms with E-state index < -0.39 is 115 Å². The number of benzene rings is 1. The quantitative estimate of drug-likeness (QED) is 0.0328. The van der Waals surface area contributed by atoms with Crippen molar-refractivity contribution >= 4 is 86.3 Å². The van der Waals surface area contributed by atoms with Crippen LogP contribution in [0.5, 0.6) is 0 Å². The van der Waals surface area contributed by atoms with Crippen molar-refractivity contribution in [3.05, 3.63) is 96.8 Å². The molecule has 0 radical (unpaired) electrons. The SMILES string of the molecule is Nc1ncnc2c1ncn2[C@@H]1O[C@H](COP(=O)(O)OP(=O)(O)OP(=O)(O)SCC(=O)Nc2ccc(-c3cc(-c4cccc(CN(CC(=O)O)CC(=O)O)n4)nc(-c4cccc(CN(CC(=O)O)CC(=O)O)n4)c3)cc2)C(O)[C@@H]1O. The zero-order valence-corrected chi connectivity index (χ0v) is 43.8. The standard InChI is InChI=1S/C43H46N11O21P3S/c44-41-38-42(46-21-45-41)54(22-47-38)43-40(65)39(64)32(73-43)19-72-76(66,67)74-77(68,69)75-78(70,71)79-20-33(55)50-25-9-7-23(8-10-25)24-11-30(28-5-1-3-26(48-28)13-52(15-34(56)57)16-35(58)59)51-31(12-24)29-6-2-4-27(49-29)14-53(17-36(60)61)18-37(62)63/h1-12,21-22,32,39-40,43,64-65H,13-20H2,(H,50,55)(H,56,57)(H,58,59)(H,60,61)(H,62,63)(H,66,67)(H,68,69)(H,70,71)(H2,44,45,46)/t32-,39?,40+,43-/m1/s1. The number of aliphatic hydroxyl groups excluding tert-OH is 2. The summed E-state index contributed by atoms with van der Waals surface area (Å²) in [6, 6.07) is 18.8. The first-order valence-corrected chi connectivity index (χ1v) is 28.7. The number of hydrogen-bond acceptors (Lipinski definition) is 24. The van der Waals surface area contributed by atoms with Crippen LogP contribution in [0.2, 0.25) is 0 Å². The summed E-state index contributed by atoms with van der Waals surface area (Å²) >= 11 is -0.170. The highest BCUT2D eigenvalue weighted by molar-refractivity contribution is 8.55. The maximum Gasteiger partial charge on any atom is 0.488 e. The molecule has 1 saturated heterocycles. The Bertz CT molecular complexity index is 3290. The molecule has 1 amide bonds. The molecule has 36 heteroatoms. The van der Waals surface area contributed by atoms with Crippen LogP contribution < -0.4 is 11.1 Å². The number of nitrogens with zero attached hydrogens (tertiary/aromatic N) is 9. The van der Waals surface area contributed by atoms with Crippen molar-refractivity contribution in [3.63, 3.8) is 0 Å². The average Bonchev–Trinajstić information content (AvgIpc) is 4.13. The number of pyridine rings is 3. The number of rotatable bonds is 27. The number of carbonyl (C=O) groups is 5. The van der Waals surface area contributed by atoms with E-state index in [1.54, 1.807) is 60.7 Å². The summed E-state index contributed by atoms with van der Waals surface area (Å²) in [6.07, 6.45) is -4.14. The summed E-state index contributed by atoms with van der Waals surface area (Å²) < 4.78 is 58.0. The van der Waals surface area contributed by atoms with Gasteiger partial charge in [0.25, 0.3) is 0 Å². The summed E-state index contributed by atoms with van der Waals surface area (Å²) in [4.78, 5) is 118. The number of aliphatic hydroxyl groups is 2. The lowest BCUT2D eigenvalue weighted by atomic mass is 10.0. The third-order valence-electron chi connectivity index (χ3n) is 10.8. The monoisotopic (exact) mass is 1180 g/mol. The minimum absolute atomic E-state index is 0.00496. The smallest absolute Gasteiger partial charge is 0.480 e. The number of aliphatic carboxylic acids is 4. The highest BCUT2D eigenvalue weighted by Gasteiger charge is 2.47. The van der Waals surface area contributed by atoms with E-state index in [4.69, 9.17) is 15.5 Å². The molecule has 79 heavy (non-hydrogen) atoms. The van der Waals surface area contributed by atoms with Gasteiger partial charge in [-0.25, -0.2) is 43.6 Å². The summed E-state index contributed by atoms with van der Waals surface area (Å²) in [5.74, 6) is -6.89. The minimum Gasteiger partial charge on any atom is -0.480 e. The van der Waals surface area contributed by atoms with E-state index in [1.807, 2.05) is 0 Å². The number of carbonyl (C=O) groups excluding carboxylic acids is 1. The Kier molecular flexibility index (Phi) is 19.2. The molecule has 0 saturated carbocycles. The lowest BCUT2D eigenvalue weighted by molar-refractivity contribution is -0.144. The van der Waals surface area contributed by atoms with Gasteiger partial charge in [0.2, 0.25) is 5.91 Å². The Labute approximate surface area is 448 Å². The number of aromatic nitrogens is 7. The molecule has 0 spiro atoms. The van der Waals surface area contributed by atoms with E-state index in [9.17, 15) is 83.0 Å². The number of phosphoric acid groups is 2. The number of hydrogen-bond donors (Lipinski definition) is 11. The maximum atomic E-state index is 13.0. The van der Waals surface area contributed by atoms with Gasteiger partial charge in [-0.05, 0) is 71.0 Å². The van der Waals surface area contributed by atoms with Crippen LogP contribution >= 0.6 is 33.8 Å². The molecule has 1 aliphatic rings. The topological polar surface area (TPSA) is 482 Å². The normalized spacial score (nSPS) is 18.7. The fourth-order valence-corrected chi connectivity index (χ4v) is 13.2. The number of nitrogens with two attached hydrogens (primary N) is 1. The molecule has 5 aromatic heterocycles. The Balaban J connectivity index is 1.01. The lowest BCUT2D eigenvalue weighted by Crippen LogP contribution is -2.34. The molecule has 7 rings (SSSR count). The predicted octanol–water partition coefficient (Wildman–Crippen LogP) is 1.88.